The Kier molecular flexibility index (Phi) is 4.45. The van der Waals surface area contributed by atoms with E-state index in [1.807, 2.05) is 24.3 Å². The van der Waals surface area contributed by atoms with Gasteiger partial charge in [-0.15, -0.1) is 0 Å². The molecule has 0 aliphatic carbocycles. The Labute approximate surface area is 126 Å². The van der Waals surface area contributed by atoms with Gasteiger partial charge in [0.1, 0.15) is 5.54 Å². The van der Waals surface area contributed by atoms with Crippen LogP contribution in [0, 0.1) is 0 Å². The van der Waals surface area contributed by atoms with Crippen molar-refractivity contribution in [3.8, 4) is 0 Å². The molecule has 1 heterocycles. The second kappa shape index (κ2) is 5.93. The summed E-state index contributed by atoms with van der Waals surface area (Å²) in [6, 6.07) is 7.05. The van der Waals surface area contributed by atoms with Gasteiger partial charge < -0.3 is 10.1 Å². The molecular weight excluding hydrogens is 324 g/mol. The molecule has 0 saturated carbocycles. The van der Waals surface area contributed by atoms with Crippen molar-refractivity contribution in [1.82, 2.24) is 10.2 Å². The average molecular weight is 341 g/mol. The number of halogens is 1. The highest BCUT2D eigenvalue weighted by atomic mass is 79.9. The van der Waals surface area contributed by atoms with Crippen molar-refractivity contribution in [3.05, 3.63) is 34.3 Å². The number of methoxy groups -OCH3 is 1. The zero-order chi connectivity index (χ0) is 14.8. The van der Waals surface area contributed by atoms with Crippen LogP contribution < -0.4 is 5.32 Å². The van der Waals surface area contributed by atoms with E-state index in [-0.39, 0.29) is 11.9 Å². The average Bonchev–Trinajstić information content (AvgIpc) is 2.63. The maximum Gasteiger partial charge on any atom is 0.325 e. The topological polar surface area (TPSA) is 58.6 Å². The molecule has 1 aromatic carbocycles. The van der Waals surface area contributed by atoms with Crippen LogP contribution in [0.15, 0.2) is 28.7 Å². The zero-order valence-corrected chi connectivity index (χ0v) is 13.1. The van der Waals surface area contributed by atoms with Crippen LogP contribution in [-0.2, 0) is 15.1 Å². The van der Waals surface area contributed by atoms with E-state index < -0.39 is 5.54 Å². The molecular formula is C14H17BrN2O3. The van der Waals surface area contributed by atoms with Gasteiger partial charge in [0.15, 0.2) is 0 Å². The number of hydrogen-bond acceptors (Lipinski definition) is 3. The predicted molar refractivity (Wildman–Crippen MR) is 78.2 cm³/mol. The summed E-state index contributed by atoms with van der Waals surface area (Å²) in [6.45, 7) is 2.61. The number of carbonyl (C=O) groups excluding carboxylic acids is 2. The first kappa shape index (κ1) is 15.0. The molecule has 108 valence electrons. The van der Waals surface area contributed by atoms with Gasteiger partial charge in [-0.2, -0.15) is 0 Å². The van der Waals surface area contributed by atoms with Crippen LogP contribution in [-0.4, -0.2) is 37.1 Å². The number of urea groups is 1. The number of imide groups is 1. The lowest BCUT2D eigenvalue weighted by atomic mass is 9.92. The van der Waals surface area contributed by atoms with Crippen LogP contribution >= 0.6 is 15.9 Å². The largest absolute Gasteiger partial charge is 0.385 e. The van der Waals surface area contributed by atoms with Crippen LogP contribution in [0.1, 0.15) is 18.9 Å². The zero-order valence-electron chi connectivity index (χ0n) is 11.5. The number of benzene rings is 1. The third-order valence-electron chi connectivity index (χ3n) is 3.41. The van der Waals surface area contributed by atoms with E-state index in [9.17, 15) is 9.59 Å². The van der Waals surface area contributed by atoms with Crippen LogP contribution in [0.2, 0.25) is 0 Å². The Balaban J connectivity index is 2.21. The lowest BCUT2D eigenvalue weighted by Gasteiger charge is -2.22. The first-order valence-corrected chi connectivity index (χ1v) is 7.17. The third-order valence-corrected chi connectivity index (χ3v) is 3.90. The first-order chi connectivity index (χ1) is 9.49. The van der Waals surface area contributed by atoms with Crippen molar-refractivity contribution in [1.29, 1.82) is 0 Å². The van der Waals surface area contributed by atoms with E-state index in [2.05, 4.69) is 21.2 Å². The quantitative estimate of drug-likeness (QED) is 0.660. The van der Waals surface area contributed by atoms with Crippen LogP contribution in [0.25, 0.3) is 0 Å². The van der Waals surface area contributed by atoms with Gasteiger partial charge >= 0.3 is 6.03 Å². The number of ether oxygens (including phenoxy) is 1. The van der Waals surface area contributed by atoms with Gasteiger partial charge in [0, 0.05) is 24.7 Å². The summed E-state index contributed by atoms with van der Waals surface area (Å²) in [4.78, 5) is 25.8. The molecule has 1 aliphatic heterocycles. The minimum absolute atomic E-state index is 0.225. The molecule has 5 nitrogen and oxygen atoms in total. The Morgan fingerprint density at radius 3 is 2.80 bits per heavy atom. The number of nitrogens with zero attached hydrogens (tertiary/aromatic N) is 1. The lowest BCUT2D eigenvalue weighted by Crippen LogP contribution is -2.41. The highest BCUT2D eigenvalue weighted by Gasteiger charge is 2.48. The molecule has 3 amide bonds. The normalized spacial score (nSPS) is 22.2. The molecule has 2 rings (SSSR count). The fourth-order valence-electron chi connectivity index (χ4n) is 2.26. The first-order valence-electron chi connectivity index (χ1n) is 6.38. The van der Waals surface area contributed by atoms with E-state index in [1.165, 1.54) is 4.90 Å². The molecule has 0 bridgehead atoms. The van der Waals surface area contributed by atoms with E-state index in [0.29, 0.717) is 19.6 Å². The van der Waals surface area contributed by atoms with Crippen LogP contribution in [0.5, 0.6) is 0 Å². The van der Waals surface area contributed by atoms with Crippen LogP contribution in [0.3, 0.4) is 0 Å². The number of amides is 3. The van der Waals surface area contributed by atoms with Gasteiger partial charge in [-0.25, -0.2) is 4.79 Å². The summed E-state index contributed by atoms with van der Waals surface area (Å²) in [5.41, 5.74) is -0.243. The Morgan fingerprint density at radius 1 is 1.40 bits per heavy atom. The Morgan fingerprint density at radius 2 is 2.15 bits per heavy atom. The summed E-state index contributed by atoms with van der Waals surface area (Å²) >= 11 is 3.38. The minimum Gasteiger partial charge on any atom is -0.385 e. The van der Waals surface area contributed by atoms with Gasteiger partial charge in [0.05, 0.1) is 0 Å². The molecule has 6 heteroatoms. The summed E-state index contributed by atoms with van der Waals surface area (Å²) in [5, 5.41) is 2.78. The molecule has 1 N–H and O–H groups in total. The fourth-order valence-corrected chi connectivity index (χ4v) is 2.66. The molecule has 20 heavy (non-hydrogen) atoms. The third kappa shape index (κ3) is 2.71. The maximum absolute atomic E-state index is 12.5. The molecule has 0 unspecified atom stereocenters. The molecule has 1 fully saturated rings. The van der Waals surface area contributed by atoms with Crippen molar-refractivity contribution >= 4 is 27.9 Å². The second-order valence-corrected chi connectivity index (χ2v) is 5.78. The number of carbonyl (C=O) groups is 2. The van der Waals surface area contributed by atoms with Crippen molar-refractivity contribution in [3.63, 3.8) is 0 Å². The van der Waals surface area contributed by atoms with Gasteiger partial charge in [-0.3, -0.25) is 9.69 Å². The maximum atomic E-state index is 12.5. The van der Waals surface area contributed by atoms with Gasteiger partial charge in [0.2, 0.25) is 0 Å². The minimum atomic E-state index is -1.01. The molecule has 1 atom stereocenters. The van der Waals surface area contributed by atoms with Crippen molar-refractivity contribution < 1.29 is 14.3 Å². The Hall–Kier alpha value is -1.40. The summed E-state index contributed by atoms with van der Waals surface area (Å²) in [7, 11) is 1.59. The van der Waals surface area contributed by atoms with Gasteiger partial charge in [-0.1, -0.05) is 28.1 Å². The number of rotatable bonds is 5. The molecule has 0 spiro atoms. The highest BCUT2D eigenvalue weighted by Crippen LogP contribution is 2.30. The molecule has 1 saturated heterocycles. The standard InChI is InChI=1S/C14H17BrN2O3/c1-14(10-5-3-6-11(15)9-10)12(18)17(13(19)16-14)7-4-8-20-2/h3,5-6,9H,4,7-8H2,1-2H3,(H,16,19)/t14-/m1/s1. The fraction of sp³-hybridized carbons (Fsp3) is 0.429. The Bertz CT molecular complexity index is 535. The van der Waals surface area contributed by atoms with Gasteiger partial charge in [-0.05, 0) is 31.0 Å². The van der Waals surface area contributed by atoms with Crippen molar-refractivity contribution in [2.24, 2.45) is 0 Å². The van der Waals surface area contributed by atoms with Crippen molar-refractivity contribution in [2.45, 2.75) is 18.9 Å². The van der Waals surface area contributed by atoms with E-state index in [0.717, 1.165) is 10.0 Å². The van der Waals surface area contributed by atoms with E-state index in [4.69, 9.17) is 4.74 Å². The molecule has 1 aromatic rings. The lowest BCUT2D eigenvalue weighted by molar-refractivity contribution is -0.131. The predicted octanol–water partition coefficient (Wildman–Crippen LogP) is 2.25. The van der Waals surface area contributed by atoms with E-state index >= 15 is 0 Å². The van der Waals surface area contributed by atoms with E-state index in [1.54, 1.807) is 14.0 Å². The molecule has 0 aromatic heterocycles. The highest BCUT2D eigenvalue weighted by molar-refractivity contribution is 9.10. The number of hydrogen-bond donors (Lipinski definition) is 1. The molecule has 1 aliphatic rings. The SMILES string of the molecule is COCCCN1C(=O)N[C@](C)(c2cccc(Br)c2)C1=O. The smallest absolute Gasteiger partial charge is 0.325 e. The van der Waals surface area contributed by atoms with Crippen LogP contribution in [0.4, 0.5) is 4.79 Å². The van der Waals surface area contributed by atoms with Crippen molar-refractivity contribution in [2.75, 3.05) is 20.3 Å². The summed E-state index contributed by atoms with van der Waals surface area (Å²) in [6.07, 6.45) is 0.629. The van der Waals surface area contributed by atoms with Gasteiger partial charge in [0.25, 0.3) is 5.91 Å². The monoisotopic (exact) mass is 340 g/mol. The number of nitrogens with one attached hydrogen (secondary N) is 1. The summed E-state index contributed by atoms with van der Waals surface area (Å²) in [5.74, 6) is -0.225. The second-order valence-electron chi connectivity index (χ2n) is 4.87. The molecule has 0 radical (unpaired) electrons. The summed E-state index contributed by atoms with van der Waals surface area (Å²) < 4.78 is 5.82.